The lowest BCUT2D eigenvalue weighted by molar-refractivity contribution is -0.131. The van der Waals surface area contributed by atoms with Gasteiger partial charge >= 0.3 is 0 Å². The van der Waals surface area contributed by atoms with Gasteiger partial charge in [-0.1, -0.05) is 48.0 Å². The third-order valence-electron chi connectivity index (χ3n) is 4.77. The van der Waals surface area contributed by atoms with Gasteiger partial charge in [0.2, 0.25) is 5.91 Å². The molecule has 0 bridgehead atoms. The summed E-state index contributed by atoms with van der Waals surface area (Å²) in [4.78, 5) is 28.7. The molecule has 1 N–H and O–H groups in total. The SMILES string of the molecule is O=C(NCC(=O)N1CCN(CCc2ccccc2)CC1)c1cccc(Cl)c1. The minimum absolute atomic E-state index is 0.00929. The summed E-state index contributed by atoms with van der Waals surface area (Å²) in [6, 6.07) is 17.1. The molecule has 142 valence electrons. The Morgan fingerprint density at radius 3 is 2.41 bits per heavy atom. The fourth-order valence-corrected chi connectivity index (χ4v) is 3.34. The van der Waals surface area contributed by atoms with Crippen molar-refractivity contribution in [1.29, 1.82) is 0 Å². The highest BCUT2D eigenvalue weighted by Gasteiger charge is 2.21. The lowest BCUT2D eigenvalue weighted by Crippen LogP contribution is -2.51. The third kappa shape index (κ3) is 5.81. The molecule has 0 aliphatic carbocycles. The van der Waals surface area contributed by atoms with Crippen LogP contribution in [0.4, 0.5) is 0 Å². The van der Waals surface area contributed by atoms with Gasteiger partial charge in [-0.05, 0) is 30.2 Å². The summed E-state index contributed by atoms with van der Waals surface area (Å²) in [5.41, 5.74) is 1.79. The molecular formula is C21H24ClN3O2. The number of carbonyl (C=O) groups excluding carboxylic acids is 2. The molecule has 2 aromatic rings. The highest BCUT2D eigenvalue weighted by atomic mass is 35.5. The van der Waals surface area contributed by atoms with Crippen LogP contribution in [0.25, 0.3) is 0 Å². The zero-order valence-electron chi connectivity index (χ0n) is 15.2. The Balaban J connectivity index is 1.38. The maximum absolute atomic E-state index is 12.4. The van der Waals surface area contributed by atoms with E-state index in [0.29, 0.717) is 23.7 Å². The summed E-state index contributed by atoms with van der Waals surface area (Å²) in [6.45, 7) is 4.12. The lowest BCUT2D eigenvalue weighted by Gasteiger charge is -2.34. The number of piperazine rings is 1. The van der Waals surface area contributed by atoms with Gasteiger partial charge in [0.15, 0.2) is 0 Å². The number of hydrogen-bond acceptors (Lipinski definition) is 3. The number of rotatable bonds is 6. The average molecular weight is 386 g/mol. The van der Waals surface area contributed by atoms with E-state index in [1.807, 2.05) is 11.0 Å². The van der Waals surface area contributed by atoms with Crippen LogP contribution in [0.2, 0.25) is 5.02 Å². The highest BCUT2D eigenvalue weighted by molar-refractivity contribution is 6.30. The second-order valence-electron chi connectivity index (χ2n) is 6.65. The standard InChI is InChI=1S/C21H24ClN3O2/c22-19-8-4-7-18(15-19)21(27)23-16-20(26)25-13-11-24(12-14-25)10-9-17-5-2-1-3-6-17/h1-8,15H,9-14,16H2,(H,23,27). The van der Waals surface area contributed by atoms with Crippen molar-refractivity contribution in [3.8, 4) is 0 Å². The van der Waals surface area contributed by atoms with E-state index in [1.54, 1.807) is 24.3 Å². The molecule has 0 unspecified atom stereocenters. The minimum Gasteiger partial charge on any atom is -0.343 e. The molecule has 5 nitrogen and oxygen atoms in total. The summed E-state index contributed by atoms with van der Waals surface area (Å²) in [5.74, 6) is -0.333. The van der Waals surface area contributed by atoms with Crippen molar-refractivity contribution in [3.63, 3.8) is 0 Å². The largest absolute Gasteiger partial charge is 0.343 e. The second kappa shape index (κ2) is 9.53. The fourth-order valence-electron chi connectivity index (χ4n) is 3.15. The van der Waals surface area contributed by atoms with E-state index in [0.717, 1.165) is 26.1 Å². The third-order valence-corrected chi connectivity index (χ3v) is 5.01. The van der Waals surface area contributed by atoms with Crippen LogP contribution in [0.5, 0.6) is 0 Å². The minimum atomic E-state index is -0.285. The van der Waals surface area contributed by atoms with Crippen LogP contribution in [-0.4, -0.2) is 60.9 Å². The Bertz CT molecular complexity index is 774. The predicted octanol–water partition coefficient (Wildman–Crippen LogP) is 2.46. The monoisotopic (exact) mass is 385 g/mol. The van der Waals surface area contributed by atoms with Gasteiger partial charge in [0.1, 0.15) is 0 Å². The molecule has 1 aliphatic heterocycles. The lowest BCUT2D eigenvalue weighted by atomic mass is 10.1. The van der Waals surface area contributed by atoms with Crippen LogP contribution >= 0.6 is 11.6 Å². The molecule has 3 rings (SSSR count). The molecule has 0 radical (unpaired) electrons. The molecule has 0 spiro atoms. The molecule has 1 heterocycles. The molecule has 1 saturated heterocycles. The van der Waals surface area contributed by atoms with Crippen LogP contribution in [0.3, 0.4) is 0 Å². The number of hydrogen-bond donors (Lipinski definition) is 1. The van der Waals surface area contributed by atoms with Crippen molar-refractivity contribution in [2.75, 3.05) is 39.3 Å². The summed E-state index contributed by atoms with van der Waals surface area (Å²) in [7, 11) is 0. The van der Waals surface area contributed by atoms with Crippen LogP contribution in [0.15, 0.2) is 54.6 Å². The highest BCUT2D eigenvalue weighted by Crippen LogP contribution is 2.10. The Kier molecular flexibility index (Phi) is 6.85. The summed E-state index contributed by atoms with van der Waals surface area (Å²) in [6.07, 6.45) is 1.02. The van der Waals surface area contributed by atoms with Gasteiger partial charge in [-0.2, -0.15) is 0 Å². The normalized spacial score (nSPS) is 14.8. The molecule has 2 amide bonds. The van der Waals surface area contributed by atoms with E-state index in [2.05, 4.69) is 34.5 Å². The zero-order chi connectivity index (χ0) is 19.1. The second-order valence-corrected chi connectivity index (χ2v) is 7.09. The zero-order valence-corrected chi connectivity index (χ0v) is 16.0. The van der Waals surface area contributed by atoms with Gasteiger partial charge in [-0.25, -0.2) is 0 Å². The average Bonchev–Trinajstić information content (AvgIpc) is 2.71. The number of halogens is 1. The molecule has 27 heavy (non-hydrogen) atoms. The van der Waals surface area contributed by atoms with Crippen LogP contribution in [0, 0.1) is 0 Å². The fraction of sp³-hybridized carbons (Fsp3) is 0.333. The van der Waals surface area contributed by atoms with Crippen LogP contribution < -0.4 is 5.32 Å². The molecule has 6 heteroatoms. The van der Waals surface area contributed by atoms with Crippen LogP contribution in [0.1, 0.15) is 15.9 Å². The van der Waals surface area contributed by atoms with E-state index in [1.165, 1.54) is 5.56 Å². The Labute approximate surface area is 164 Å². The van der Waals surface area contributed by atoms with Gasteiger partial charge in [0.05, 0.1) is 6.54 Å². The van der Waals surface area contributed by atoms with E-state index in [-0.39, 0.29) is 18.4 Å². The molecule has 1 fully saturated rings. The summed E-state index contributed by atoms with van der Waals surface area (Å²) in [5, 5.41) is 3.18. The maximum atomic E-state index is 12.4. The van der Waals surface area contributed by atoms with Crippen molar-refractivity contribution in [2.24, 2.45) is 0 Å². The first-order valence-corrected chi connectivity index (χ1v) is 9.57. The number of amides is 2. The molecule has 2 aromatic carbocycles. The van der Waals surface area contributed by atoms with E-state index in [4.69, 9.17) is 11.6 Å². The maximum Gasteiger partial charge on any atom is 0.251 e. The number of nitrogens with zero attached hydrogens (tertiary/aromatic N) is 2. The van der Waals surface area contributed by atoms with E-state index in [9.17, 15) is 9.59 Å². The molecular weight excluding hydrogens is 362 g/mol. The molecule has 0 saturated carbocycles. The van der Waals surface area contributed by atoms with Gasteiger partial charge in [-0.3, -0.25) is 14.5 Å². The van der Waals surface area contributed by atoms with Crippen LogP contribution in [-0.2, 0) is 11.2 Å². The predicted molar refractivity (Wildman–Crippen MR) is 107 cm³/mol. The number of carbonyl (C=O) groups is 2. The van der Waals surface area contributed by atoms with Crippen molar-refractivity contribution in [3.05, 3.63) is 70.7 Å². The van der Waals surface area contributed by atoms with Gasteiger partial charge in [-0.15, -0.1) is 0 Å². The first kappa shape index (κ1) is 19.4. The Hall–Kier alpha value is -2.37. The summed E-state index contributed by atoms with van der Waals surface area (Å²) >= 11 is 5.89. The quantitative estimate of drug-likeness (QED) is 0.831. The Morgan fingerprint density at radius 1 is 0.963 bits per heavy atom. The van der Waals surface area contributed by atoms with E-state index >= 15 is 0 Å². The van der Waals surface area contributed by atoms with Gasteiger partial charge in [0, 0.05) is 43.3 Å². The first-order valence-electron chi connectivity index (χ1n) is 9.19. The summed E-state index contributed by atoms with van der Waals surface area (Å²) < 4.78 is 0. The number of nitrogens with one attached hydrogen (secondary N) is 1. The van der Waals surface area contributed by atoms with Gasteiger partial charge < -0.3 is 10.2 Å². The van der Waals surface area contributed by atoms with Crippen molar-refractivity contribution >= 4 is 23.4 Å². The number of benzene rings is 2. The van der Waals surface area contributed by atoms with E-state index < -0.39 is 0 Å². The molecule has 0 atom stereocenters. The topological polar surface area (TPSA) is 52.7 Å². The molecule has 0 aromatic heterocycles. The molecule has 1 aliphatic rings. The Morgan fingerprint density at radius 2 is 1.70 bits per heavy atom. The smallest absolute Gasteiger partial charge is 0.251 e. The van der Waals surface area contributed by atoms with Crippen molar-refractivity contribution in [2.45, 2.75) is 6.42 Å². The van der Waals surface area contributed by atoms with Crippen molar-refractivity contribution in [1.82, 2.24) is 15.1 Å². The van der Waals surface area contributed by atoms with Crippen molar-refractivity contribution < 1.29 is 9.59 Å². The first-order chi connectivity index (χ1) is 13.1. The van der Waals surface area contributed by atoms with Gasteiger partial charge in [0.25, 0.3) is 5.91 Å².